The third kappa shape index (κ3) is 3.17. The van der Waals surface area contributed by atoms with Crippen LogP contribution in [0.15, 0.2) is 48.8 Å². The number of hydrogen-bond acceptors (Lipinski definition) is 4. The molecule has 6 heteroatoms. The number of benzene rings is 1. The van der Waals surface area contributed by atoms with Gasteiger partial charge in [-0.05, 0) is 24.5 Å². The van der Waals surface area contributed by atoms with Crippen molar-refractivity contribution in [2.24, 2.45) is 0 Å². The molecule has 1 aromatic carbocycles. The SMILES string of the molecule is O=C(OCc1ccccc1)N1C2CCC1CC(O)(c1cncc(F)c1)C2. The maximum atomic E-state index is 13.5. The summed E-state index contributed by atoms with van der Waals surface area (Å²) < 4.78 is 19.0. The number of pyridine rings is 1. The molecule has 136 valence electrons. The van der Waals surface area contributed by atoms with Crippen molar-refractivity contribution in [3.05, 3.63) is 65.7 Å². The Balaban J connectivity index is 1.46. The van der Waals surface area contributed by atoms with Gasteiger partial charge in [0, 0.05) is 36.7 Å². The number of aromatic nitrogens is 1. The Labute approximate surface area is 151 Å². The average Bonchev–Trinajstić information content (AvgIpc) is 2.93. The molecule has 4 rings (SSSR count). The summed E-state index contributed by atoms with van der Waals surface area (Å²) in [5.41, 5.74) is 0.260. The minimum Gasteiger partial charge on any atom is -0.445 e. The summed E-state index contributed by atoms with van der Waals surface area (Å²) in [6.45, 7) is 0.230. The molecule has 0 radical (unpaired) electrons. The van der Waals surface area contributed by atoms with Gasteiger partial charge in [0.05, 0.1) is 11.8 Å². The van der Waals surface area contributed by atoms with Gasteiger partial charge in [-0.3, -0.25) is 4.98 Å². The van der Waals surface area contributed by atoms with Crippen LogP contribution in [0.1, 0.15) is 36.8 Å². The molecule has 2 bridgehead atoms. The van der Waals surface area contributed by atoms with Crippen molar-refractivity contribution in [1.29, 1.82) is 0 Å². The largest absolute Gasteiger partial charge is 0.445 e. The number of amides is 1. The molecule has 0 saturated carbocycles. The maximum Gasteiger partial charge on any atom is 0.410 e. The summed E-state index contributed by atoms with van der Waals surface area (Å²) in [5.74, 6) is -0.465. The monoisotopic (exact) mass is 356 g/mol. The second kappa shape index (κ2) is 6.68. The van der Waals surface area contributed by atoms with E-state index in [-0.39, 0.29) is 24.8 Å². The zero-order valence-corrected chi connectivity index (χ0v) is 14.3. The Morgan fingerprint density at radius 2 is 1.92 bits per heavy atom. The predicted octanol–water partition coefficient (Wildman–Crippen LogP) is 3.37. The van der Waals surface area contributed by atoms with Gasteiger partial charge in [0.2, 0.25) is 0 Å². The molecule has 5 nitrogen and oxygen atoms in total. The normalized spacial score (nSPS) is 27.4. The lowest BCUT2D eigenvalue weighted by molar-refractivity contribution is -0.0540. The van der Waals surface area contributed by atoms with Crippen molar-refractivity contribution in [3.8, 4) is 0 Å². The summed E-state index contributed by atoms with van der Waals surface area (Å²) in [5, 5.41) is 11.1. The Bertz CT molecular complexity index is 785. The van der Waals surface area contributed by atoms with E-state index in [4.69, 9.17) is 4.74 Å². The number of ether oxygens (including phenoxy) is 1. The van der Waals surface area contributed by atoms with Gasteiger partial charge < -0.3 is 14.7 Å². The highest BCUT2D eigenvalue weighted by atomic mass is 19.1. The zero-order valence-electron chi connectivity index (χ0n) is 14.3. The highest BCUT2D eigenvalue weighted by molar-refractivity contribution is 5.69. The first kappa shape index (κ1) is 17.0. The molecule has 2 aromatic rings. The van der Waals surface area contributed by atoms with Crippen molar-refractivity contribution in [3.63, 3.8) is 0 Å². The van der Waals surface area contributed by atoms with Gasteiger partial charge in [-0.25, -0.2) is 9.18 Å². The van der Waals surface area contributed by atoms with Crippen LogP contribution < -0.4 is 0 Å². The first-order valence-corrected chi connectivity index (χ1v) is 8.87. The Morgan fingerprint density at radius 3 is 2.58 bits per heavy atom. The van der Waals surface area contributed by atoms with Crippen LogP contribution in [0.2, 0.25) is 0 Å². The summed E-state index contributed by atoms with van der Waals surface area (Å²) in [6.07, 6.45) is 4.65. The Morgan fingerprint density at radius 1 is 1.23 bits per heavy atom. The van der Waals surface area contributed by atoms with E-state index in [2.05, 4.69) is 4.98 Å². The van der Waals surface area contributed by atoms with Gasteiger partial charge in [-0.1, -0.05) is 30.3 Å². The van der Waals surface area contributed by atoms with Crippen molar-refractivity contribution in [2.75, 3.05) is 0 Å². The Hall–Kier alpha value is -2.47. The lowest BCUT2D eigenvalue weighted by Gasteiger charge is -2.43. The van der Waals surface area contributed by atoms with Crippen LogP contribution >= 0.6 is 0 Å². The van der Waals surface area contributed by atoms with Crippen LogP contribution in [-0.2, 0) is 16.9 Å². The van der Waals surface area contributed by atoms with Crippen molar-refractivity contribution in [1.82, 2.24) is 9.88 Å². The second-order valence-corrected chi connectivity index (χ2v) is 7.16. The highest BCUT2D eigenvalue weighted by Crippen LogP contribution is 2.45. The fraction of sp³-hybridized carbons (Fsp3) is 0.400. The molecule has 2 aliphatic heterocycles. The van der Waals surface area contributed by atoms with E-state index in [0.717, 1.165) is 24.6 Å². The molecular weight excluding hydrogens is 335 g/mol. The fourth-order valence-corrected chi connectivity index (χ4v) is 4.22. The van der Waals surface area contributed by atoms with Crippen LogP contribution in [0.5, 0.6) is 0 Å². The number of aliphatic hydroxyl groups is 1. The molecule has 2 fully saturated rings. The number of carbonyl (C=O) groups is 1. The number of carbonyl (C=O) groups excluding carboxylic acids is 1. The molecule has 3 heterocycles. The van der Waals surface area contributed by atoms with E-state index in [1.807, 2.05) is 30.3 Å². The van der Waals surface area contributed by atoms with Gasteiger partial charge in [0.1, 0.15) is 12.4 Å². The lowest BCUT2D eigenvalue weighted by atomic mass is 9.81. The van der Waals surface area contributed by atoms with Gasteiger partial charge in [0.25, 0.3) is 0 Å². The quantitative estimate of drug-likeness (QED) is 0.916. The number of halogens is 1. The van der Waals surface area contributed by atoms with E-state index in [1.165, 1.54) is 12.3 Å². The molecule has 2 unspecified atom stereocenters. The molecule has 0 spiro atoms. The summed E-state index contributed by atoms with van der Waals surface area (Å²) in [6, 6.07) is 10.7. The van der Waals surface area contributed by atoms with E-state index in [9.17, 15) is 14.3 Å². The van der Waals surface area contributed by atoms with Crippen LogP contribution in [0.25, 0.3) is 0 Å². The fourth-order valence-electron chi connectivity index (χ4n) is 4.22. The van der Waals surface area contributed by atoms with Crippen molar-refractivity contribution in [2.45, 2.75) is 50.0 Å². The van der Waals surface area contributed by atoms with Gasteiger partial charge in [-0.2, -0.15) is 0 Å². The third-order valence-corrected chi connectivity index (χ3v) is 5.42. The number of hydrogen-bond donors (Lipinski definition) is 1. The standard InChI is InChI=1S/C20H21FN2O3/c21-16-8-15(11-22-12-16)20(25)9-17-6-7-18(10-20)23(17)19(24)26-13-14-4-2-1-3-5-14/h1-5,8,11-12,17-18,25H,6-7,9-10,13H2. The van der Waals surface area contributed by atoms with Crippen LogP contribution in [-0.4, -0.2) is 33.2 Å². The van der Waals surface area contributed by atoms with E-state index in [0.29, 0.717) is 18.4 Å². The molecular formula is C20H21FN2O3. The molecule has 1 aromatic heterocycles. The number of rotatable bonds is 3. The molecule has 2 atom stereocenters. The average molecular weight is 356 g/mol. The predicted molar refractivity (Wildman–Crippen MR) is 92.6 cm³/mol. The van der Waals surface area contributed by atoms with Gasteiger partial charge in [0.15, 0.2) is 0 Å². The third-order valence-electron chi connectivity index (χ3n) is 5.42. The molecule has 0 aliphatic carbocycles. The minimum atomic E-state index is -1.16. The van der Waals surface area contributed by atoms with E-state index >= 15 is 0 Å². The number of fused-ring (bicyclic) bond motifs is 2. The summed E-state index contributed by atoms with van der Waals surface area (Å²) in [7, 11) is 0. The first-order valence-electron chi connectivity index (χ1n) is 8.87. The number of nitrogens with zero attached hydrogens (tertiary/aromatic N) is 2. The molecule has 1 amide bonds. The molecule has 26 heavy (non-hydrogen) atoms. The van der Waals surface area contributed by atoms with Crippen LogP contribution in [0, 0.1) is 5.82 Å². The van der Waals surface area contributed by atoms with Crippen LogP contribution in [0.3, 0.4) is 0 Å². The molecule has 2 aliphatic rings. The zero-order chi connectivity index (χ0) is 18.1. The van der Waals surface area contributed by atoms with Gasteiger partial charge in [-0.15, -0.1) is 0 Å². The maximum absolute atomic E-state index is 13.5. The topological polar surface area (TPSA) is 62.7 Å². The number of piperidine rings is 1. The lowest BCUT2D eigenvalue weighted by Crippen LogP contribution is -2.52. The first-order chi connectivity index (χ1) is 12.5. The van der Waals surface area contributed by atoms with E-state index < -0.39 is 11.4 Å². The van der Waals surface area contributed by atoms with Gasteiger partial charge >= 0.3 is 6.09 Å². The van der Waals surface area contributed by atoms with Crippen molar-refractivity contribution < 1.29 is 19.0 Å². The van der Waals surface area contributed by atoms with Crippen molar-refractivity contribution >= 4 is 6.09 Å². The second-order valence-electron chi connectivity index (χ2n) is 7.16. The minimum absolute atomic E-state index is 0.106. The van der Waals surface area contributed by atoms with E-state index in [1.54, 1.807) is 4.90 Å². The summed E-state index contributed by atoms with van der Waals surface area (Å²) in [4.78, 5) is 18.2. The van der Waals surface area contributed by atoms with Crippen LogP contribution in [0.4, 0.5) is 9.18 Å². The smallest absolute Gasteiger partial charge is 0.410 e. The molecule has 1 N–H and O–H groups in total. The molecule has 2 saturated heterocycles. The highest BCUT2D eigenvalue weighted by Gasteiger charge is 2.50. The Kier molecular flexibility index (Phi) is 4.36. The summed E-state index contributed by atoms with van der Waals surface area (Å²) >= 11 is 0.